The Labute approximate surface area is 121 Å². The molecule has 1 aromatic heterocycles. The van der Waals surface area contributed by atoms with Gasteiger partial charge in [-0.15, -0.1) is 0 Å². The van der Waals surface area contributed by atoms with Gasteiger partial charge in [-0.2, -0.15) is 4.98 Å². The summed E-state index contributed by atoms with van der Waals surface area (Å²) in [6.45, 7) is 9.02. The first-order valence-corrected chi connectivity index (χ1v) is 7.48. The SMILES string of the molecule is CCCOc1cc(C)nc(N2CCC(C)(NC)CC2)n1. The van der Waals surface area contributed by atoms with Gasteiger partial charge in [-0.1, -0.05) is 6.92 Å². The second-order valence-corrected chi connectivity index (χ2v) is 5.79. The summed E-state index contributed by atoms with van der Waals surface area (Å²) in [5.41, 5.74) is 1.20. The van der Waals surface area contributed by atoms with Crippen LogP contribution in [0, 0.1) is 6.92 Å². The molecule has 5 heteroatoms. The quantitative estimate of drug-likeness (QED) is 0.894. The number of anilines is 1. The minimum absolute atomic E-state index is 0.238. The molecule has 0 saturated carbocycles. The number of rotatable bonds is 5. The van der Waals surface area contributed by atoms with Crippen molar-refractivity contribution in [3.8, 4) is 5.88 Å². The monoisotopic (exact) mass is 278 g/mol. The Morgan fingerprint density at radius 2 is 2.05 bits per heavy atom. The minimum atomic E-state index is 0.238. The maximum Gasteiger partial charge on any atom is 0.228 e. The first kappa shape index (κ1) is 15.0. The number of hydrogen-bond acceptors (Lipinski definition) is 5. The van der Waals surface area contributed by atoms with Crippen molar-refractivity contribution in [3.63, 3.8) is 0 Å². The molecule has 0 radical (unpaired) electrons. The summed E-state index contributed by atoms with van der Waals surface area (Å²) in [5, 5.41) is 3.41. The molecule has 1 fully saturated rings. The second kappa shape index (κ2) is 6.39. The molecule has 0 aliphatic carbocycles. The Hall–Kier alpha value is -1.36. The van der Waals surface area contributed by atoms with Crippen LogP contribution < -0.4 is 15.0 Å². The van der Waals surface area contributed by atoms with Crippen LogP contribution in [0.1, 0.15) is 38.8 Å². The highest BCUT2D eigenvalue weighted by Gasteiger charge is 2.29. The van der Waals surface area contributed by atoms with E-state index in [1.165, 1.54) is 0 Å². The zero-order chi connectivity index (χ0) is 14.6. The smallest absolute Gasteiger partial charge is 0.228 e. The van der Waals surface area contributed by atoms with Crippen LogP contribution in [0.3, 0.4) is 0 Å². The third kappa shape index (κ3) is 3.60. The van der Waals surface area contributed by atoms with Gasteiger partial charge in [-0.3, -0.25) is 0 Å². The minimum Gasteiger partial charge on any atom is -0.478 e. The molecule has 1 aliphatic rings. The van der Waals surface area contributed by atoms with Crippen LogP contribution in [-0.4, -0.2) is 42.3 Å². The van der Waals surface area contributed by atoms with Crippen LogP contribution in [0.15, 0.2) is 6.07 Å². The summed E-state index contributed by atoms with van der Waals surface area (Å²) in [5.74, 6) is 1.49. The number of nitrogens with one attached hydrogen (secondary N) is 1. The van der Waals surface area contributed by atoms with Crippen LogP contribution in [0.2, 0.25) is 0 Å². The van der Waals surface area contributed by atoms with Gasteiger partial charge in [0, 0.05) is 30.4 Å². The summed E-state index contributed by atoms with van der Waals surface area (Å²) in [6, 6.07) is 1.90. The molecule has 0 bridgehead atoms. The number of hydrogen-bond donors (Lipinski definition) is 1. The lowest BCUT2D eigenvalue weighted by Gasteiger charge is -2.39. The van der Waals surface area contributed by atoms with Crippen molar-refractivity contribution >= 4 is 5.95 Å². The normalized spacial score (nSPS) is 18.1. The maximum absolute atomic E-state index is 5.64. The summed E-state index contributed by atoms with van der Waals surface area (Å²) < 4.78 is 5.64. The number of nitrogens with zero attached hydrogens (tertiary/aromatic N) is 3. The maximum atomic E-state index is 5.64. The van der Waals surface area contributed by atoms with Crippen LogP contribution in [0.25, 0.3) is 0 Å². The number of piperidine rings is 1. The van der Waals surface area contributed by atoms with Crippen LogP contribution in [0.5, 0.6) is 5.88 Å². The molecule has 2 heterocycles. The Morgan fingerprint density at radius 1 is 1.35 bits per heavy atom. The van der Waals surface area contributed by atoms with Gasteiger partial charge in [0.1, 0.15) is 0 Å². The predicted molar refractivity (Wildman–Crippen MR) is 81.5 cm³/mol. The van der Waals surface area contributed by atoms with E-state index >= 15 is 0 Å². The standard InChI is InChI=1S/C15H26N4O/c1-5-10-20-13-11-12(2)17-14(18-13)19-8-6-15(3,16-4)7-9-19/h11,16H,5-10H2,1-4H3. The van der Waals surface area contributed by atoms with Gasteiger partial charge < -0.3 is 15.0 Å². The molecule has 1 aromatic rings. The molecule has 0 atom stereocenters. The van der Waals surface area contributed by atoms with Gasteiger partial charge in [0.05, 0.1) is 6.61 Å². The van der Waals surface area contributed by atoms with Gasteiger partial charge in [0.25, 0.3) is 0 Å². The molecule has 1 N–H and O–H groups in total. The number of aromatic nitrogens is 2. The molecule has 0 amide bonds. The molecular formula is C15H26N4O. The summed E-state index contributed by atoms with van der Waals surface area (Å²) in [7, 11) is 2.04. The highest BCUT2D eigenvalue weighted by molar-refractivity contribution is 5.35. The van der Waals surface area contributed by atoms with Crippen molar-refractivity contribution in [1.29, 1.82) is 0 Å². The van der Waals surface area contributed by atoms with E-state index in [4.69, 9.17) is 4.74 Å². The second-order valence-electron chi connectivity index (χ2n) is 5.79. The van der Waals surface area contributed by atoms with Crippen molar-refractivity contribution in [1.82, 2.24) is 15.3 Å². The zero-order valence-corrected chi connectivity index (χ0v) is 13.1. The van der Waals surface area contributed by atoms with Gasteiger partial charge in [-0.25, -0.2) is 4.98 Å². The average molecular weight is 278 g/mol. The number of aryl methyl sites for hydroxylation is 1. The van der Waals surface area contributed by atoms with Crippen molar-refractivity contribution in [2.75, 3.05) is 31.6 Å². The first-order chi connectivity index (χ1) is 9.56. The largest absolute Gasteiger partial charge is 0.478 e. The van der Waals surface area contributed by atoms with E-state index < -0.39 is 0 Å². The van der Waals surface area contributed by atoms with Gasteiger partial charge >= 0.3 is 0 Å². The lowest BCUT2D eigenvalue weighted by Crippen LogP contribution is -2.50. The van der Waals surface area contributed by atoms with Crippen molar-refractivity contribution in [2.45, 2.75) is 45.6 Å². The Bertz CT molecular complexity index is 441. The number of ether oxygens (including phenoxy) is 1. The Morgan fingerprint density at radius 3 is 2.65 bits per heavy atom. The molecule has 2 rings (SSSR count). The van der Waals surface area contributed by atoms with Gasteiger partial charge in [0.15, 0.2) is 0 Å². The summed E-state index contributed by atoms with van der Waals surface area (Å²) in [4.78, 5) is 11.3. The summed E-state index contributed by atoms with van der Waals surface area (Å²) >= 11 is 0. The van der Waals surface area contributed by atoms with E-state index in [1.807, 2.05) is 20.0 Å². The first-order valence-electron chi connectivity index (χ1n) is 7.48. The molecule has 1 aliphatic heterocycles. The van der Waals surface area contributed by atoms with Gasteiger partial charge in [0.2, 0.25) is 11.8 Å². The van der Waals surface area contributed by atoms with E-state index in [2.05, 4.69) is 34.0 Å². The third-order valence-corrected chi connectivity index (χ3v) is 4.03. The highest BCUT2D eigenvalue weighted by atomic mass is 16.5. The molecule has 0 spiro atoms. The Kier molecular flexibility index (Phi) is 4.81. The fraction of sp³-hybridized carbons (Fsp3) is 0.733. The molecule has 20 heavy (non-hydrogen) atoms. The van der Waals surface area contributed by atoms with E-state index in [0.29, 0.717) is 12.5 Å². The molecule has 1 saturated heterocycles. The third-order valence-electron chi connectivity index (χ3n) is 4.03. The molecular weight excluding hydrogens is 252 g/mol. The molecule has 112 valence electrons. The van der Waals surface area contributed by atoms with Crippen LogP contribution in [-0.2, 0) is 0 Å². The molecule has 5 nitrogen and oxygen atoms in total. The lowest BCUT2D eigenvalue weighted by atomic mass is 9.90. The van der Waals surface area contributed by atoms with E-state index in [9.17, 15) is 0 Å². The fourth-order valence-electron chi connectivity index (χ4n) is 2.40. The van der Waals surface area contributed by atoms with E-state index in [0.717, 1.165) is 44.0 Å². The van der Waals surface area contributed by atoms with Crippen LogP contribution >= 0.6 is 0 Å². The fourth-order valence-corrected chi connectivity index (χ4v) is 2.40. The van der Waals surface area contributed by atoms with E-state index in [-0.39, 0.29) is 5.54 Å². The predicted octanol–water partition coefficient (Wildman–Crippen LogP) is 2.15. The topological polar surface area (TPSA) is 50.3 Å². The van der Waals surface area contributed by atoms with E-state index in [1.54, 1.807) is 0 Å². The van der Waals surface area contributed by atoms with Crippen molar-refractivity contribution < 1.29 is 4.74 Å². The van der Waals surface area contributed by atoms with Crippen molar-refractivity contribution in [3.05, 3.63) is 11.8 Å². The average Bonchev–Trinajstić information content (AvgIpc) is 2.45. The highest BCUT2D eigenvalue weighted by Crippen LogP contribution is 2.25. The zero-order valence-electron chi connectivity index (χ0n) is 13.1. The summed E-state index contributed by atoms with van der Waals surface area (Å²) in [6.07, 6.45) is 3.19. The van der Waals surface area contributed by atoms with Crippen molar-refractivity contribution in [2.24, 2.45) is 0 Å². The molecule has 0 unspecified atom stereocenters. The van der Waals surface area contributed by atoms with Gasteiger partial charge in [-0.05, 0) is 40.2 Å². The Balaban J connectivity index is 2.07. The van der Waals surface area contributed by atoms with Crippen LogP contribution in [0.4, 0.5) is 5.95 Å². The lowest BCUT2D eigenvalue weighted by molar-refractivity contribution is 0.296. The molecule has 0 aromatic carbocycles.